The van der Waals surface area contributed by atoms with Crippen LogP contribution >= 0.6 is 46.3 Å². The third kappa shape index (κ3) is 6.54. The van der Waals surface area contributed by atoms with E-state index in [9.17, 15) is 14.4 Å². The number of halogens is 2. The van der Waals surface area contributed by atoms with E-state index in [0.29, 0.717) is 48.0 Å². The number of fused-ring (bicyclic) bond motifs is 1. The van der Waals surface area contributed by atoms with Crippen LogP contribution in [0.1, 0.15) is 24.0 Å². The third-order valence-corrected chi connectivity index (χ3v) is 9.47. The first kappa shape index (κ1) is 28.5. The second kappa shape index (κ2) is 13.0. The maximum Gasteiger partial charge on any atom is 0.328 e. The lowest BCUT2D eigenvalue weighted by molar-refractivity contribution is -0.145. The first-order valence-electron chi connectivity index (χ1n) is 12.1. The number of carbonyl (C=O) groups is 3. The lowest BCUT2D eigenvalue weighted by atomic mass is 9.95. The molecule has 0 spiro atoms. The van der Waals surface area contributed by atoms with Gasteiger partial charge in [0.25, 0.3) is 0 Å². The van der Waals surface area contributed by atoms with Crippen molar-refractivity contribution in [2.24, 2.45) is 5.92 Å². The van der Waals surface area contributed by atoms with E-state index in [1.54, 1.807) is 22.3 Å². The number of amides is 2. The molecular formula is C28H28Cl2N2O4S2. The summed E-state index contributed by atoms with van der Waals surface area (Å²) in [7, 11) is 1.32. The van der Waals surface area contributed by atoms with E-state index in [1.165, 1.54) is 24.9 Å². The van der Waals surface area contributed by atoms with Crippen LogP contribution in [0.4, 0.5) is 0 Å². The van der Waals surface area contributed by atoms with Gasteiger partial charge in [-0.25, -0.2) is 4.79 Å². The molecule has 2 amide bonds. The molecule has 4 rings (SSSR count). The summed E-state index contributed by atoms with van der Waals surface area (Å²) < 4.78 is 6.10. The van der Waals surface area contributed by atoms with Crippen LogP contribution < -0.4 is 5.32 Å². The van der Waals surface area contributed by atoms with Gasteiger partial charge in [-0.2, -0.15) is 0 Å². The third-order valence-electron chi connectivity index (χ3n) is 6.67. The monoisotopic (exact) mass is 590 g/mol. The van der Waals surface area contributed by atoms with Crippen LogP contribution in [0.25, 0.3) is 16.2 Å². The molecule has 1 unspecified atom stereocenters. The van der Waals surface area contributed by atoms with E-state index < -0.39 is 12.0 Å². The predicted octanol–water partition coefficient (Wildman–Crippen LogP) is 6.08. The van der Waals surface area contributed by atoms with E-state index in [4.69, 9.17) is 27.9 Å². The maximum absolute atomic E-state index is 13.1. The molecule has 0 saturated carbocycles. The summed E-state index contributed by atoms with van der Waals surface area (Å²) in [6.45, 7) is 0.887. The lowest BCUT2D eigenvalue weighted by Crippen LogP contribution is -2.48. The van der Waals surface area contributed by atoms with Crippen LogP contribution in [0.3, 0.4) is 0 Å². The number of methoxy groups -OCH3 is 1. The minimum absolute atomic E-state index is 0.151. The van der Waals surface area contributed by atoms with Gasteiger partial charge in [-0.1, -0.05) is 47.5 Å². The number of benzene rings is 2. The van der Waals surface area contributed by atoms with Crippen molar-refractivity contribution in [3.63, 3.8) is 0 Å². The first-order chi connectivity index (χ1) is 18.3. The zero-order chi connectivity index (χ0) is 27.2. The molecule has 0 aliphatic carbocycles. The minimum atomic E-state index is -0.776. The maximum atomic E-state index is 13.1. The fourth-order valence-corrected chi connectivity index (χ4v) is 6.65. The highest BCUT2D eigenvalue weighted by Gasteiger charge is 2.30. The number of hydrogen-bond donors (Lipinski definition) is 1. The number of rotatable bonds is 8. The number of thioether (sulfide) groups is 1. The Morgan fingerprint density at radius 3 is 2.61 bits per heavy atom. The Morgan fingerprint density at radius 2 is 1.89 bits per heavy atom. The molecule has 10 heteroatoms. The van der Waals surface area contributed by atoms with Gasteiger partial charge >= 0.3 is 5.97 Å². The van der Waals surface area contributed by atoms with Crippen molar-refractivity contribution in [3.05, 3.63) is 69.0 Å². The van der Waals surface area contributed by atoms with Gasteiger partial charge in [0.2, 0.25) is 11.8 Å². The largest absolute Gasteiger partial charge is 0.467 e. The predicted molar refractivity (Wildman–Crippen MR) is 156 cm³/mol. The summed E-state index contributed by atoms with van der Waals surface area (Å²) in [5.41, 5.74) is 1.67. The molecular weight excluding hydrogens is 563 g/mol. The van der Waals surface area contributed by atoms with Gasteiger partial charge in [0, 0.05) is 41.1 Å². The van der Waals surface area contributed by atoms with Gasteiger partial charge in [0.15, 0.2) is 0 Å². The molecule has 1 N–H and O–H groups in total. The van der Waals surface area contributed by atoms with Crippen molar-refractivity contribution in [1.82, 2.24) is 10.2 Å². The summed E-state index contributed by atoms with van der Waals surface area (Å²) in [4.78, 5) is 40.9. The quantitative estimate of drug-likeness (QED) is 0.195. The van der Waals surface area contributed by atoms with E-state index in [-0.39, 0.29) is 17.7 Å². The Kier molecular flexibility index (Phi) is 9.76. The van der Waals surface area contributed by atoms with E-state index in [1.807, 2.05) is 48.0 Å². The molecule has 1 saturated heterocycles. The summed E-state index contributed by atoms with van der Waals surface area (Å²) in [5.74, 6) is -1.11. The number of nitrogens with zero attached hydrogens (tertiary/aromatic N) is 1. The second-order valence-corrected chi connectivity index (χ2v) is 11.5. The second-order valence-electron chi connectivity index (χ2n) is 8.96. The Hall–Kier alpha value is -2.52. The lowest BCUT2D eigenvalue weighted by Gasteiger charge is -2.31. The fourth-order valence-electron chi connectivity index (χ4n) is 4.50. The van der Waals surface area contributed by atoms with Gasteiger partial charge in [-0.15, -0.1) is 23.1 Å². The standard InChI is InChI=1S/C28H28Cl2N2O4S2/c1-36-28(35)21(15-19-16-38-22-6-4-3-5-20(19)22)31-27(34)18-11-13-32(14-12-18)24(33)10-8-17-7-9-23(37-2)26(30)25(17)29/h3-10,16,18,21H,11-15H2,1-2H3,(H,31,34). The highest BCUT2D eigenvalue weighted by atomic mass is 35.5. The number of piperidine rings is 1. The van der Waals surface area contributed by atoms with Crippen molar-refractivity contribution >= 4 is 80.2 Å². The van der Waals surface area contributed by atoms with E-state index in [2.05, 4.69) is 5.32 Å². The van der Waals surface area contributed by atoms with Crippen LogP contribution in [-0.4, -0.2) is 55.2 Å². The number of carbonyl (C=O) groups excluding carboxylic acids is 3. The van der Waals surface area contributed by atoms with Crippen LogP contribution in [0.15, 0.2) is 52.7 Å². The number of ether oxygens (including phenoxy) is 1. The number of thiophene rings is 1. The van der Waals surface area contributed by atoms with Gasteiger partial charge in [-0.05, 0) is 59.2 Å². The molecule has 1 aliphatic heterocycles. The van der Waals surface area contributed by atoms with Crippen LogP contribution in [0, 0.1) is 5.92 Å². The van der Waals surface area contributed by atoms with Gasteiger partial charge in [0.05, 0.1) is 17.2 Å². The molecule has 1 fully saturated rings. The Morgan fingerprint density at radius 1 is 1.16 bits per heavy atom. The first-order valence-corrected chi connectivity index (χ1v) is 15.0. The summed E-state index contributed by atoms with van der Waals surface area (Å²) in [5, 5.41) is 6.87. The molecule has 2 heterocycles. The number of likely N-dealkylation sites (tertiary alicyclic amines) is 1. The molecule has 0 bridgehead atoms. The van der Waals surface area contributed by atoms with E-state index in [0.717, 1.165) is 20.5 Å². The van der Waals surface area contributed by atoms with Crippen molar-refractivity contribution in [3.8, 4) is 0 Å². The molecule has 6 nitrogen and oxygen atoms in total. The molecule has 3 aromatic rings. The van der Waals surface area contributed by atoms with Gasteiger partial charge < -0.3 is 15.0 Å². The highest BCUT2D eigenvalue weighted by molar-refractivity contribution is 7.98. The SMILES string of the molecule is COC(=O)C(Cc1csc2ccccc12)NC(=O)C1CCN(C(=O)C=Cc2ccc(SC)c(Cl)c2Cl)CC1. The number of nitrogens with one attached hydrogen (secondary N) is 1. The summed E-state index contributed by atoms with van der Waals surface area (Å²) in [6, 6.07) is 10.9. The molecule has 1 atom stereocenters. The number of esters is 1. The zero-order valence-corrected chi connectivity index (χ0v) is 24.2. The summed E-state index contributed by atoms with van der Waals surface area (Å²) >= 11 is 15.7. The van der Waals surface area contributed by atoms with E-state index >= 15 is 0 Å². The molecule has 2 aromatic carbocycles. The smallest absolute Gasteiger partial charge is 0.328 e. The zero-order valence-electron chi connectivity index (χ0n) is 21.0. The van der Waals surface area contributed by atoms with Crippen LogP contribution in [0.2, 0.25) is 10.0 Å². The normalized spacial score (nSPS) is 15.1. The molecule has 1 aromatic heterocycles. The van der Waals surface area contributed by atoms with Crippen molar-refractivity contribution in [2.45, 2.75) is 30.2 Å². The number of hydrogen-bond acceptors (Lipinski definition) is 6. The van der Waals surface area contributed by atoms with Crippen molar-refractivity contribution in [1.29, 1.82) is 0 Å². The molecule has 1 aliphatic rings. The molecule has 38 heavy (non-hydrogen) atoms. The average Bonchev–Trinajstić information content (AvgIpc) is 3.35. The highest BCUT2D eigenvalue weighted by Crippen LogP contribution is 2.35. The van der Waals surface area contributed by atoms with Crippen LogP contribution in [0.5, 0.6) is 0 Å². The Balaban J connectivity index is 1.34. The Labute approximate surface area is 240 Å². The Bertz CT molecular complexity index is 1370. The van der Waals surface area contributed by atoms with Gasteiger partial charge in [-0.3, -0.25) is 9.59 Å². The van der Waals surface area contributed by atoms with Gasteiger partial charge in [0.1, 0.15) is 6.04 Å². The topological polar surface area (TPSA) is 75.7 Å². The average molecular weight is 592 g/mol. The van der Waals surface area contributed by atoms with Crippen molar-refractivity contribution < 1.29 is 19.1 Å². The molecule has 0 radical (unpaired) electrons. The molecule has 200 valence electrons. The fraction of sp³-hybridized carbons (Fsp3) is 0.321. The van der Waals surface area contributed by atoms with Crippen molar-refractivity contribution in [2.75, 3.05) is 26.5 Å². The van der Waals surface area contributed by atoms with Crippen LogP contribution in [-0.2, 0) is 25.5 Å². The minimum Gasteiger partial charge on any atom is -0.467 e. The summed E-state index contributed by atoms with van der Waals surface area (Å²) in [6.07, 6.45) is 6.44.